The first-order chi connectivity index (χ1) is 8.82. The van der Waals surface area contributed by atoms with E-state index in [0.717, 1.165) is 18.7 Å². The summed E-state index contributed by atoms with van der Waals surface area (Å²) in [4.78, 5) is 16.2. The van der Waals surface area contributed by atoms with Gasteiger partial charge in [0.15, 0.2) is 0 Å². The lowest BCUT2D eigenvalue weighted by Crippen LogP contribution is -2.61. The number of likely N-dealkylation sites (N-methyl/N-ethyl adjacent to an activating group) is 1. The van der Waals surface area contributed by atoms with E-state index in [4.69, 9.17) is 17.3 Å². The Labute approximate surface area is 119 Å². The van der Waals surface area contributed by atoms with Gasteiger partial charge < -0.3 is 10.6 Å². The number of nitrogens with zero attached hydrogens (tertiary/aromatic N) is 2. The van der Waals surface area contributed by atoms with Crippen molar-refractivity contribution in [3.8, 4) is 0 Å². The van der Waals surface area contributed by atoms with Crippen LogP contribution in [0.2, 0.25) is 5.02 Å². The first kappa shape index (κ1) is 14.2. The average Bonchev–Trinajstić information content (AvgIpc) is 2.35. The molecule has 4 nitrogen and oxygen atoms in total. The van der Waals surface area contributed by atoms with Gasteiger partial charge in [0.2, 0.25) is 5.91 Å². The zero-order valence-electron chi connectivity index (χ0n) is 11.6. The van der Waals surface area contributed by atoms with Crippen LogP contribution in [0, 0.1) is 0 Å². The Morgan fingerprint density at radius 3 is 2.74 bits per heavy atom. The minimum atomic E-state index is -0.512. The summed E-state index contributed by atoms with van der Waals surface area (Å²) in [5.74, 6) is 0.138. The van der Waals surface area contributed by atoms with E-state index < -0.39 is 5.54 Å². The van der Waals surface area contributed by atoms with E-state index in [1.165, 1.54) is 0 Å². The van der Waals surface area contributed by atoms with E-state index >= 15 is 0 Å². The van der Waals surface area contributed by atoms with Gasteiger partial charge in [-0.05, 0) is 37.6 Å². The van der Waals surface area contributed by atoms with Crippen LogP contribution in [0.3, 0.4) is 0 Å². The molecule has 2 N–H and O–H groups in total. The Morgan fingerprint density at radius 2 is 2.05 bits per heavy atom. The Bertz CT molecular complexity index is 501. The lowest BCUT2D eigenvalue weighted by atomic mass is 9.96. The van der Waals surface area contributed by atoms with Crippen LogP contribution in [0.1, 0.15) is 19.4 Å². The van der Waals surface area contributed by atoms with Gasteiger partial charge in [0.25, 0.3) is 0 Å². The molecular formula is C14H20ClN3O. The van der Waals surface area contributed by atoms with Crippen molar-refractivity contribution in [2.24, 2.45) is 0 Å². The molecule has 0 radical (unpaired) electrons. The minimum Gasteiger partial charge on any atom is -0.398 e. The third-order valence-electron chi connectivity index (χ3n) is 3.83. The molecule has 0 saturated carbocycles. The van der Waals surface area contributed by atoms with Crippen LogP contribution in [0.15, 0.2) is 18.2 Å². The molecule has 1 amide bonds. The third-order valence-corrected chi connectivity index (χ3v) is 4.07. The first-order valence-electron chi connectivity index (χ1n) is 6.37. The van der Waals surface area contributed by atoms with Crippen LogP contribution in [0.25, 0.3) is 0 Å². The van der Waals surface area contributed by atoms with Gasteiger partial charge in [0, 0.05) is 37.4 Å². The van der Waals surface area contributed by atoms with Gasteiger partial charge in [-0.2, -0.15) is 0 Å². The Hall–Kier alpha value is -1.26. The lowest BCUT2D eigenvalue weighted by molar-refractivity contribution is -0.147. The smallest absolute Gasteiger partial charge is 0.242 e. The summed E-state index contributed by atoms with van der Waals surface area (Å²) in [6, 6.07) is 5.46. The van der Waals surface area contributed by atoms with Crippen LogP contribution in [-0.4, -0.2) is 41.4 Å². The summed E-state index contributed by atoms with van der Waals surface area (Å²) in [7, 11) is 1.84. The molecule has 0 unspecified atom stereocenters. The van der Waals surface area contributed by atoms with Crippen molar-refractivity contribution >= 4 is 23.2 Å². The number of benzene rings is 1. The van der Waals surface area contributed by atoms with Gasteiger partial charge in [-0.15, -0.1) is 0 Å². The summed E-state index contributed by atoms with van der Waals surface area (Å²) >= 11 is 6.01. The van der Waals surface area contributed by atoms with Crippen molar-refractivity contribution in [2.45, 2.75) is 25.9 Å². The fourth-order valence-corrected chi connectivity index (χ4v) is 2.64. The molecule has 1 aromatic rings. The number of piperazine rings is 1. The summed E-state index contributed by atoms with van der Waals surface area (Å²) in [6.45, 7) is 6.11. The number of hydrogen-bond acceptors (Lipinski definition) is 3. The molecular weight excluding hydrogens is 262 g/mol. The molecule has 19 heavy (non-hydrogen) atoms. The van der Waals surface area contributed by atoms with E-state index in [1.54, 1.807) is 11.0 Å². The van der Waals surface area contributed by atoms with E-state index in [0.29, 0.717) is 17.3 Å². The van der Waals surface area contributed by atoms with E-state index in [9.17, 15) is 4.79 Å². The second kappa shape index (κ2) is 5.02. The molecule has 1 aliphatic heterocycles. The highest BCUT2D eigenvalue weighted by molar-refractivity contribution is 6.30. The maximum Gasteiger partial charge on any atom is 0.242 e. The second-order valence-corrected chi connectivity index (χ2v) is 5.99. The quantitative estimate of drug-likeness (QED) is 0.844. The van der Waals surface area contributed by atoms with Crippen LogP contribution in [0.5, 0.6) is 0 Å². The third kappa shape index (κ3) is 2.69. The molecule has 2 rings (SSSR count). The molecule has 0 aromatic heterocycles. The predicted molar refractivity (Wildman–Crippen MR) is 78.0 cm³/mol. The highest BCUT2D eigenvalue weighted by Gasteiger charge is 2.40. The summed E-state index contributed by atoms with van der Waals surface area (Å²) < 4.78 is 0. The molecule has 5 heteroatoms. The maximum absolute atomic E-state index is 12.2. The van der Waals surface area contributed by atoms with Crippen LogP contribution < -0.4 is 5.73 Å². The number of nitrogen functional groups attached to an aromatic ring is 1. The number of carbonyl (C=O) groups excluding carboxylic acids is 1. The Morgan fingerprint density at radius 1 is 1.37 bits per heavy atom. The summed E-state index contributed by atoms with van der Waals surface area (Å²) in [5.41, 5.74) is 7.15. The largest absolute Gasteiger partial charge is 0.398 e. The van der Waals surface area contributed by atoms with Crippen LogP contribution in [0.4, 0.5) is 5.69 Å². The highest BCUT2D eigenvalue weighted by atomic mass is 35.5. The molecule has 0 bridgehead atoms. The standard InChI is InChI=1S/C14H20ClN3O/c1-14(2)13(19)17(3)6-7-18(14)9-10-8-11(15)4-5-12(10)16/h4-5,8H,6-7,9,16H2,1-3H3. The number of amides is 1. The fourth-order valence-electron chi connectivity index (χ4n) is 2.45. The van der Waals surface area contributed by atoms with Crippen LogP contribution in [-0.2, 0) is 11.3 Å². The van der Waals surface area contributed by atoms with E-state index in [-0.39, 0.29) is 5.91 Å². The van der Waals surface area contributed by atoms with E-state index in [2.05, 4.69) is 4.90 Å². The maximum atomic E-state index is 12.2. The lowest BCUT2D eigenvalue weighted by Gasteiger charge is -2.44. The van der Waals surface area contributed by atoms with Gasteiger partial charge in [0.05, 0.1) is 5.54 Å². The zero-order valence-corrected chi connectivity index (χ0v) is 12.4. The van der Waals surface area contributed by atoms with Crippen molar-refractivity contribution in [2.75, 3.05) is 25.9 Å². The summed E-state index contributed by atoms with van der Waals surface area (Å²) in [5, 5.41) is 0.669. The van der Waals surface area contributed by atoms with E-state index in [1.807, 2.05) is 33.0 Å². The van der Waals surface area contributed by atoms with Crippen molar-refractivity contribution in [3.63, 3.8) is 0 Å². The molecule has 104 valence electrons. The first-order valence-corrected chi connectivity index (χ1v) is 6.74. The fraction of sp³-hybridized carbons (Fsp3) is 0.500. The van der Waals surface area contributed by atoms with Crippen molar-refractivity contribution in [1.29, 1.82) is 0 Å². The van der Waals surface area contributed by atoms with Gasteiger partial charge in [-0.1, -0.05) is 11.6 Å². The number of anilines is 1. The number of hydrogen-bond donors (Lipinski definition) is 1. The topological polar surface area (TPSA) is 49.6 Å². The monoisotopic (exact) mass is 281 g/mol. The highest BCUT2D eigenvalue weighted by Crippen LogP contribution is 2.26. The van der Waals surface area contributed by atoms with Gasteiger partial charge in [-0.3, -0.25) is 9.69 Å². The van der Waals surface area contributed by atoms with Crippen molar-refractivity contribution < 1.29 is 4.79 Å². The SMILES string of the molecule is CN1CCN(Cc2cc(Cl)ccc2N)C(C)(C)C1=O. The normalized spacial score (nSPS) is 19.8. The molecule has 0 atom stereocenters. The molecule has 0 spiro atoms. The Kier molecular flexibility index (Phi) is 3.74. The van der Waals surface area contributed by atoms with Gasteiger partial charge in [0.1, 0.15) is 0 Å². The average molecular weight is 282 g/mol. The molecule has 1 fully saturated rings. The van der Waals surface area contributed by atoms with Gasteiger partial charge in [-0.25, -0.2) is 0 Å². The van der Waals surface area contributed by atoms with Crippen molar-refractivity contribution in [3.05, 3.63) is 28.8 Å². The zero-order chi connectivity index (χ0) is 14.2. The molecule has 1 aromatic carbocycles. The molecule has 1 aliphatic rings. The number of halogens is 1. The van der Waals surface area contributed by atoms with Crippen LogP contribution >= 0.6 is 11.6 Å². The number of nitrogens with two attached hydrogens (primary N) is 1. The number of rotatable bonds is 2. The van der Waals surface area contributed by atoms with Crippen molar-refractivity contribution in [1.82, 2.24) is 9.80 Å². The summed E-state index contributed by atoms with van der Waals surface area (Å²) in [6.07, 6.45) is 0. The molecule has 1 heterocycles. The Balaban J connectivity index is 2.23. The molecule has 0 aliphatic carbocycles. The van der Waals surface area contributed by atoms with Gasteiger partial charge >= 0.3 is 0 Å². The molecule has 1 saturated heterocycles. The second-order valence-electron chi connectivity index (χ2n) is 5.55. The predicted octanol–water partition coefficient (Wildman–Crippen LogP) is 1.97. The number of carbonyl (C=O) groups is 1. The minimum absolute atomic E-state index is 0.138.